The Balaban J connectivity index is 2.13. The topological polar surface area (TPSA) is 32.7 Å². The van der Waals surface area contributed by atoms with Crippen molar-refractivity contribution in [3.05, 3.63) is 29.3 Å². The van der Waals surface area contributed by atoms with E-state index in [4.69, 9.17) is 4.74 Å². The van der Waals surface area contributed by atoms with Crippen molar-refractivity contribution in [1.29, 1.82) is 0 Å². The van der Waals surface area contributed by atoms with Gasteiger partial charge in [0.1, 0.15) is 5.75 Å². The Bertz CT molecular complexity index is 439. The van der Waals surface area contributed by atoms with E-state index in [-0.39, 0.29) is 0 Å². The summed E-state index contributed by atoms with van der Waals surface area (Å²) in [6, 6.07) is 6.73. The van der Waals surface area contributed by atoms with Gasteiger partial charge in [0.25, 0.3) is 0 Å². The van der Waals surface area contributed by atoms with Crippen molar-refractivity contribution in [2.75, 3.05) is 13.7 Å². The smallest absolute Gasteiger partial charge is 0.123 e. The molecule has 1 aliphatic carbocycles. The minimum absolute atomic E-state index is 0.431. The molecule has 1 fully saturated rings. The van der Waals surface area contributed by atoms with Crippen LogP contribution in [0.25, 0.3) is 0 Å². The van der Waals surface area contributed by atoms with Crippen molar-refractivity contribution in [3.8, 4) is 5.75 Å². The molecule has 0 amide bonds. The standard InChI is InChI=1S/C18H29NO2/c1-4-21-18-11-10-15(14(2)20)12-16(18)13-19(3)17-8-6-5-7-9-17/h10-12,14,17,20H,4-9,13H2,1-3H3. The molecule has 0 aromatic heterocycles. The Morgan fingerprint density at radius 2 is 2.00 bits per heavy atom. The first-order valence-electron chi connectivity index (χ1n) is 8.25. The van der Waals surface area contributed by atoms with Gasteiger partial charge in [0.05, 0.1) is 12.7 Å². The van der Waals surface area contributed by atoms with Gasteiger partial charge in [-0.2, -0.15) is 0 Å². The van der Waals surface area contributed by atoms with Gasteiger partial charge in [0.2, 0.25) is 0 Å². The highest BCUT2D eigenvalue weighted by Crippen LogP contribution is 2.28. The summed E-state index contributed by atoms with van der Waals surface area (Å²) in [7, 11) is 2.21. The van der Waals surface area contributed by atoms with Gasteiger partial charge in [0, 0.05) is 18.2 Å². The fourth-order valence-electron chi connectivity index (χ4n) is 3.20. The van der Waals surface area contributed by atoms with Gasteiger partial charge >= 0.3 is 0 Å². The molecule has 0 bridgehead atoms. The molecule has 0 spiro atoms. The summed E-state index contributed by atoms with van der Waals surface area (Å²) in [6.45, 7) is 5.39. The monoisotopic (exact) mass is 291 g/mol. The number of hydrogen-bond donors (Lipinski definition) is 1. The molecule has 0 heterocycles. The molecule has 118 valence electrons. The van der Waals surface area contributed by atoms with Crippen LogP contribution in [0.2, 0.25) is 0 Å². The number of benzene rings is 1. The molecule has 0 aliphatic heterocycles. The van der Waals surface area contributed by atoms with Crippen molar-refractivity contribution < 1.29 is 9.84 Å². The van der Waals surface area contributed by atoms with Crippen molar-refractivity contribution in [3.63, 3.8) is 0 Å². The van der Waals surface area contributed by atoms with Crippen LogP contribution in [-0.2, 0) is 6.54 Å². The minimum Gasteiger partial charge on any atom is -0.494 e. The molecular weight excluding hydrogens is 262 g/mol. The van der Waals surface area contributed by atoms with Crippen LogP contribution < -0.4 is 4.74 Å². The highest BCUT2D eigenvalue weighted by molar-refractivity contribution is 5.38. The Kier molecular flexibility index (Phi) is 6.07. The van der Waals surface area contributed by atoms with Gasteiger partial charge in [-0.15, -0.1) is 0 Å². The van der Waals surface area contributed by atoms with Gasteiger partial charge in [-0.1, -0.05) is 25.3 Å². The molecule has 1 N–H and O–H groups in total. The third kappa shape index (κ3) is 4.45. The summed E-state index contributed by atoms with van der Waals surface area (Å²) in [6.07, 6.45) is 6.25. The minimum atomic E-state index is -0.431. The highest BCUT2D eigenvalue weighted by Gasteiger charge is 2.19. The normalized spacial score (nSPS) is 18.0. The van der Waals surface area contributed by atoms with Crippen molar-refractivity contribution in [2.24, 2.45) is 0 Å². The Morgan fingerprint density at radius 1 is 1.29 bits per heavy atom. The van der Waals surface area contributed by atoms with E-state index in [0.29, 0.717) is 12.6 Å². The molecule has 3 heteroatoms. The van der Waals surface area contributed by atoms with Crippen LogP contribution in [-0.4, -0.2) is 29.7 Å². The quantitative estimate of drug-likeness (QED) is 0.862. The second-order valence-corrected chi connectivity index (χ2v) is 6.18. The summed E-state index contributed by atoms with van der Waals surface area (Å²) in [5.74, 6) is 0.949. The van der Waals surface area contributed by atoms with Gasteiger partial charge < -0.3 is 9.84 Å². The van der Waals surface area contributed by atoms with Gasteiger partial charge in [-0.05, 0) is 51.4 Å². The van der Waals surface area contributed by atoms with E-state index in [1.54, 1.807) is 0 Å². The SMILES string of the molecule is CCOc1ccc(C(C)O)cc1CN(C)C1CCCCC1. The summed E-state index contributed by atoms with van der Waals surface area (Å²) in [5.41, 5.74) is 2.15. The summed E-state index contributed by atoms with van der Waals surface area (Å²) in [4.78, 5) is 2.45. The third-order valence-electron chi connectivity index (χ3n) is 4.48. The number of aliphatic hydroxyl groups excluding tert-OH is 1. The van der Waals surface area contributed by atoms with Crippen LogP contribution in [0.1, 0.15) is 63.2 Å². The van der Waals surface area contributed by atoms with E-state index in [2.05, 4.69) is 18.0 Å². The lowest BCUT2D eigenvalue weighted by Crippen LogP contribution is -2.33. The Morgan fingerprint density at radius 3 is 2.62 bits per heavy atom. The number of aliphatic hydroxyl groups is 1. The predicted molar refractivity (Wildman–Crippen MR) is 86.6 cm³/mol. The van der Waals surface area contributed by atoms with Crippen LogP contribution >= 0.6 is 0 Å². The van der Waals surface area contributed by atoms with Gasteiger partial charge in [-0.25, -0.2) is 0 Å². The predicted octanol–water partition coefficient (Wildman–Crippen LogP) is 3.90. The van der Waals surface area contributed by atoms with Gasteiger partial charge in [-0.3, -0.25) is 4.90 Å². The number of hydrogen-bond acceptors (Lipinski definition) is 3. The van der Waals surface area contributed by atoms with Crippen molar-refractivity contribution >= 4 is 0 Å². The molecule has 1 aromatic rings. The Labute approximate surface area is 128 Å². The van der Waals surface area contributed by atoms with E-state index in [1.807, 2.05) is 26.0 Å². The van der Waals surface area contributed by atoms with Crippen LogP contribution in [0.3, 0.4) is 0 Å². The molecular formula is C18H29NO2. The lowest BCUT2D eigenvalue weighted by atomic mass is 9.94. The zero-order valence-electron chi connectivity index (χ0n) is 13.6. The number of rotatable bonds is 6. The summed E-state index contributed by atoms with van der Waals surface area (Å²) < 4.78 is 5.75. The molecule has 2 rings (SSSR count). The molecule has 1 aromatic carbocycles. The molecule has 1 unspecified atom stereocenters. The summed E-state index contributed by atoms with van der Waals surface area (Å²) >= 11 is 0. The van der Waals surface area contributed by atoms with E-state index in [1.165, 1.54) is 37.7 Å². The molecule has 0 radical (unpaired) electrons. The van der Waals surface area contributed by atoms with E-state index in [0.717, 1.165) is 17.9 Å². The van der Waals surface area contributed by atoms with E-state index >= 15 is 0 Å². The summed E-state index contributed by atoms with van der Waals surface area (Å²) in [5, 5.41) is 9.80. The maximum Gasteiger partial charge on any atom is 0.123 e. The second-order valence-electron chi connectivity index (χ2n) is 6.18. The molecule has 3 nitrogen and oxygen atoms in total. The molecule has 1 aliphatic rings. The first-order chi connectivity index (χ1) is 10.1. The largest absolute Gasteiger partial charge is 0.494 e. The van der Waals surface area contributed by atoms with Crippen LogP contribution in [0.4, 0.5) is 0 Å². The van der Waals surface area contributed by atoms with Crippen molar-refractivity contribution in [1.82, 2.24) is 4.90 Å². The fraction of sp³-hybridized carbons (Fsp3) is 0.667. The first-order valence-corrected chi connectivity index (χ1v) is 8.25. The van der Waals surface area contributed by atoms with Crippen molar-refractivity contribution in [2.45, 2.75) is 64.6 Å². The number of nitrogens with zero attached hydrogens (tertiary/aromatic N) is 1. The van der Waals surface area contributed by atoms with E-state index in [9.17, 15) is 5.11 Å². The van der Waals surface area contributed by atoms with E-state index < -0.39 is 6.10 Å². The zero-order chi connectivity index (χ0) is 15.2. The Hall–Kier alpha value is -1.06. The molecule has 21 heavy (non-hydrogen) atoms. The average molecular weight is 291 g/mol. The zero-order valence-corrected chi connectivity index (χ0v) is 13.6. The third-order valence-corrected chi connectivity index (χ3v) is 4.48. The van der Waals surface area contributed by atoms with Crippen LogP contribution in [0, 0.1) is 0 Å². The average Bonchev–Trinajstić information content (AvgIpc) is 2.50. The van der Waals surface area contributed by atoms with Gasteiger partial charge in [0.15, 0.2) is 0 Å². The lowest BCUT2D eigenvalue weighted by molar-refractivity contribution is 0.181. The van der Waals surface area contributed by atoms with Crippen LogP contribution in [0.5, 0.6) is 5.75 Å². The molecule has 1 atom stereocenters. The van der Waals surface area contributed by atoms with Crippen LogP contribution in [0.15, 0.2) is 18.2 Å². The molecule has 0 saturated heterocycles. The maximum atomic E-state index is 9.80. The first kappa shape index (κ1) is 16.3. The highest BCUT2D eigenvalue weighted by atomic mass is 16.5. The second kappa shape index (κ2) is 7.81. The maximum absolute atomic E-state index is 9.80. The fourth-order valence-corrected chi connectivity index (χ4v) is 3.20. The molecule has 1 saturated carbocycles. The number of ether oxygens (including phenoxy) is 1. The lowest BCUT2D eigenvalue weighted by Gasteiger charge is -2.31.